The second-order valence-corrected chi connectivity index (χ2v) is 5.65. The van der Waals surface area contributed by atoms with Crippen molar-refractivity contribution in [1.29, 1.82) is 0 Å². The Morgan fingerprint density at radius 3 is 2.52 bits per heavy atom. The van der Waals surface area contributed by atoms with Crippen LogP contribution in [0.2, 0.25) is 0 Å². The van der Waals surface area contributed by atoms with Crippen LogP contribution >= 0.6 is 0 Å². The summed E-state index contributed by atoms with van der Waals surface area (Å²) in [4.78, 5) is 0. The molecule has 1 aliphatic heterocycles. The molecule has 124 valence electrons. The van der Waals surface area contributed by atoms with Crippen LogP contribution in [0, 0.1) is 0 Å². The van der Waals surface area contributed by atoms with E-state index in [1.54, 1.807) is 0 Å². The largest absolute Gasteiger partial charge is 0.394 e. The van der Waals surface area contributed by atoms with Crippen molar-refractivity contribution in [2.75, 3.05) is 19.8 Å². The van der Waals surface area contributed by atoms with E-state index in [9.17, 15) is 10.2 Å². The molecule has 3 N–H and O–H groups in total. The lowest BCUT2D eigenvalue weighted by molar-refractivity contribution is -0.0938. The molecule has 0 saturated carbocycles. The van der Waals surface area contributed by atoms with Crippen molar-refractivity contribution in [3.63, 3.8) is 0 Å². The maximum atomic E-state index is 9.78. The second-order valence-electron chi connectivity index (χ2n) is 5.65. The van der Waals surface area contributed by atoms with Crippen molar-refractivity contribution in [2.24, 2.45) is 0 Å². The lowest BCUT2D eigenvalue weighted by Crippen LogP contribution is -2.42. The molecule has 5 nitrogen and oxygen atoms in total. The first-order valence-corrected chi connectivity index (χ1v) is 8.01. The second kappa shape index (κ2) is 11.2. The highest BCUT2D eigenvalue weighted by atomic mass is 16.6. The van der Waals surface area contributed by atoms with Crippen molar-refractivity contribution in [3.8, 4) is 0 Å². The highest BCUT2D eigenvalue weighted by Crippen LogP contribution is 2.21. The van der Waals surface area contributed by atoms with Crippen LogP contribution in [-0.4, -0.2) is 59.6 Å². The number of hydrogen-bond donors (Lipinski definition) is 3. The molecule has 0 aliphatic carbocycles. The fraction of sp³-hybridized carbons (Fsp3) is 0.875. The van der Waals surface area contributed by atoms with E-state index in [1.807, 2.05) is 6.08 Å². The van der Waals surface area contributed by atoms with Gasteiger partial charge in [-0.25, -0.2) is 0 Å². The van der Waals surface area contributed by atoms with Gasteiger partial charge < -0.3 is 24.8 Å². The number of aliphatic hydroxyl groups excluding tert-OH is 3. The minimum absolute atomic E-state index is 0.149. The topological polar surface area (TPSA) is 79.2 Å². The number of unbranched alkanes of at least 4 members (excludes halogenated alkanes) is 6. The summed E-state index contributed by atoms with van der Waals surface area (Å²) in [5.74, 6) is 0. The molecule has 0 radical (unpaired) electrons. The molecule has 0 aromatic heterocycles. The third-order valence-electron chi connectivity index (χ3n) is 3.84. The zero-order valence-corrected chi connectivity index (χ0v) is 12.8. The number of hydrogen-bond acceptors (Lipinski definition) is 5. The average molecular weight is 302 g/mol. The molecule has 1 heterocycles. The molecular weight excluding hydrogens is 272 g/mol. The van der Waals surface area contributed by atoms with E-state index in [0.29, 0.717) is 6.61 Å². The van der Waals surface area contributed by atoms with Gasteiger partial charge in [0.05, 0.1) is 13.2 Å². The van der Waals surface area contributed by atoms with Crippen molar-refractivity contribution >= 4 is 0 Å². The number of rotatable bonds is 12. The molecule has 5 heteroatoms. The van der Waals surface area contributed by atoms with Crippen LogP contribution in [0.3, 0.4) is 0 Å². The molecule has 0 aromatic rings. The Morgan fingerprint density at radius 1 is 1.19 bits per heavy atom. The van der Waals surface area contributed by atoms with E-state index < -0.39 is 24.4 Å². The Morgan fingerprint density at radius 2 is 1.86 bits per heavy atom. The molecule has 0 unspecified atom stereocenters. The number of aliphatic hydroxyl groups is 3. The first-order valence-electron chi connectivity index (χ1n) is 8.01. The van der Waals surface area contributed by atoms with Crippen LogP contribution < -0.4 is 0 Å². The van der Waals surface area contributed by atoms with E-state index >= 15 is 0 Å². The van der Waals surface area contributed by atoms with Crippen LogP contribution in [0.15, 0.2) is 12.7 Å². The minimum atomic E-state index is -1.00. The van der Waals surface area contributed by atoms with Gasteiger partial charge >= 0.3 is 0 Å². The minimum Gasteiger partial charge on any atom is -0.394 e. The third-order valence-corrected chi connectivity index (χ3v) is 3.84. The Bertz CT molecular complexity index is 271. The molecule has 0 aromatic carbocycles. The summed E-state index contributed by atoms with van der Waals surface area (Å²) in [6.45, 7) is 4.02. The van der Waals surface area contributed by atoms with Crippen LogP contribution in [-0.2, 0) is 9.47 Å². The summed E-state index contributed by atoms with van der Waals surface area (Å²) >= 11 is 0. The van der Waals surface area contributed by atoms with Gasteiger partial charge in [0.1, 0.15) is 24.4 Å². The molecule has 1 saturated heterocycles. The smallest absolute Gasteiger partial charge is 0.114 e. The van der Waals surface area contributed by atoms with Gasteiger partial charge in [0.2, 0.25) is 0 Å². The Labute approximate surface area is 127 Å². The maximum Gasteiger partial charge on any atom is 0.114 e. The average Bonchev–Trinajstić information content (AvgIpc) is 2.86. The zero-order chi connectivity index (χ0) is 15.5. The summed E-state index contributed by atoms with van der Waals surface area (Å²) in [6, 6.07) is 0. The van der Waals surface area contributed by atoms with Crippen LogP contribution in [0.5, 0.6) is 0 Å². The normalized spacial score (nSPS) is 26.9. The summed E-state index contributed by atoms with van der Waals surface area (Å²) in [6.07, 6.45) is 7.06. The zero-order valence-electron chi connectivity index (χ0n) is 12.8. The molecule has 4 atom stereocenters. The van der Waals surface area contributed by atoms with Crippen molar-refractivity contribution in [3.05, 3.63) is 12.7 Å². The van der Waals surface area contributed by atoms with Crippen molar-refractivity contribution < 1.29 is 24.8 Å². The lowest BCUT2D eigenvalue weighted by Gasteiger charge is -2.23. The van der Waals surface area contributed by atoms with Gasteiger partial charge in [-0.1, -0.05) is 31.8 Å². The van der Waals surface area contributed by atoms with Crippen molar-refractivity contribution in [2.45, 2.75) is 69.4 Å². The van der Waals surface area contributed by atoms with Crippen LogP contribution in [0.25, 0.3) is 0 Å². The standard InChI is InChI=1S/C16H30O5/c1-2-3-4-5-6-7-8-9-10-20-16-14(19)12-21-15(16)13(18)11-17/h2,13-19H,1,3-12H2/t13-,14+,15-,16-/m0/s1. The summed E-state index contributed by atoms with van der Waals surface area (Å²) in [7, 11) is 0. The highest BCUT2D eigenvalue weighted by molar-refractivity contribution is 4.89. The van der Waals surface area contributed by atoms with Gasteiger partial charge in [-0.15, -0.1) is 6.58 Å². The predicted molar refractivity (Wildman–Crippen MR) is 81.1 cm³/mol. The SMILES string of the molecule is C=CCCCCCCCCO[C@@H]1[C@H]([C@@H](O)CO)OC[C@H]1O. The fourth-order valence-corrected chi connectivity index (χ4v) is 2.58. The summed E-state index contributed by atoms with van der Waals surface area (Å²) in [5, 5.41) is 28.3. The monoisotopic (exact) mass is 302 g/mol. The van der Waals surface area contributed by atoms with Crippen LogP contribution in [0.4, 0.5) is 0 Å². The molecule has 0 amide bonds. The van der Waals surface area contributed by atoms with Gasteiger partial charge in [0, 0.05) is 6.61 Å². The van der Waals surface area contributed by atoms with Crippen molar-refractivity contribution in [1.82, 2.24) is 0 Å². The van der Waals surface area contributed by atoms with Gasteiger partial charge in [-0.05, 0) is 19.3 Å². The Hall–Kier alpha value is -0.460. The molecule has 0 spiro atoms. The van der Waals surface area contributed by atoms with Gasteiger partial charge in [-0.3, -0.25) is 0 Å². The fourth-order valence-electron chi connectivity index (χ4n) is 2.58. The highest BCUT2D eigenvalue weighted by Gasteiger charge is 2.40. The van der Waals surface area contributed by atoms with Gasteiger partial charge in [-0.2, -0.15) is 0 Å². The van der Waals surface area contributed by atoms with Gasteiger partial charge in [0.25, 0.3) is 0 Å². The maximum absolute atomic E-state index is 9.78. The first-order chi connectivity index (χ1) is 10.2. The van der Waals surface area contributed by atoms with Gasteiger partial charge in [0.15, 0.2) is 0 Å². The predicted octanol–water partition coefficient (Wildman–Crippen LogP) is 1.40. The Balaban J connectivity index is 2.06. The van der Waals surface area contributed by atoms with E-state index in [0.717, 1.165) is 19.3 Å². The molecule has 1 fully saturated rings. The van der Waals surface area contributed by atoms with Crippen LogP contribution in [0.1, 0.15) is 44.9 Å². The Kier molecular flexibility index (Phi) is 9.87. The lowest BCUT2D eigenvalue weighted by atomic mass is 10.1. The van der Waals surface area contributed by atoms with E-state index in [-0.39, 0.29) is 13.2 Å². The molecule has 21 heavy (non-hydrogen) atoms. The van der Waals surface area contributed by atoms with E-state index in [4.69, 9.17) is 14.6 Å². The molecule has 0 bridgehead atoms. The number of ether oxygens (including phenoxy) is 2. The first kappa shape index (κ1) is 18.6. The quantitative estimate of drug-likeness (QED) is 0.375. The van der Waals surface area contributed by atoms with E-state index in [1.165, 1.54) is 25.7 Å². The summed E-state index contributed by atoms with van der Waals surface area (Å²) in [5.41, 5.74) is 0. The third kappa shape index (κ3) is 6.89. The molecular formula is C16H30O5. The molecule has 1 aliphatic rings. The molecule has 1 rings (SSSR count). The van der Waals surface area contributed by atoms with E-state index in [2.05, 4.69) is 6.58 Å². The summed E-state index contributed by atoms with van der Waals surface area (Å²) < 4.78 is 10.9. The number of allylic oxidation sites excluding steroid dienone is 1.